The molecule has 0 spiro atoms. The number of rotatable bonds is 5. The van der Waals surface area contributed by atoms with E-state index in [1.54, 1.807) is 42.6 Å². The van der Waals surface area contributed by atoms with Crippen LogP contribution in [0.15, 0.2) is 78.8 Å². The van der Waals surface area contributed by atoms with Gasteiger partial charge in [0.1, 0.15) is 5.70 Å². The lowest BCUT2D eigenvalue weighted by molar-refractivity contribution is -0.138. The van der Waals surface area contributed by atoms with Gasteiger partial charge in [-0.25, -0.2) is 0 Å². The summed E-state index contributed by atoms with van der Waals surface area (Å²) < 4.78 is 39.3. The first-order chi connectivity index (χ1) is 15.2. The number of nitrogens with one attached hydrogen (secondary N) is 1. The van der Waals surface area contributed by atoms with Gasteiger partial charge in [0.15, 0.2) is 0 Å². The molecule has 5 nitrogen and oxygen atoms in total. The second-order valence-corrected chi connectivity index (χ2v) is 7.45. The Balaban J connectivity index is 1.75. The lowest BCUT2D eigenvalue weighted by atomic mass is 10.0. The summed E-state index contributed by atoms with van der Waals surface area (Å²) in [5, 5.41) is 3.17. The third-order valence-electron chi connectivity index (χ3n) is 4.82. The van der Waals surface area contributed by atoms with Crippen LogP contribution in [0.5, 0.6) is 0 Å². The average molecular weight is 458 g/mol. The summed E-state index contributed by atoms with van der Waals surface area (Å²) in [6.45, 7) is -0.0314. The molecule has 1 aliphatic rings. The molecule has 3 aromatic rings. The molecule has 2 heterocycles. The first-order valence-corrected chi connectivity index (χ1v) is 9.81. The average Bonchev–Trinajstić information content (AvgIpc) is 2.99. The van der Waals surface area contributed by atoms with E-state index < -0.39 is 23.6 Å². The highest BCUT2D eigenvalue weighted by atomic mass is 35.5. The van der Waals surface area contributed by atoms with Crippen molar-refractivity contribution in [3.8, 4) is 0 Å². The number of carbonyl (C=O) groups is 2. The first kappa shape index (κ1) is 21.6. The van der Waals surface area contributed by atoms with E-state index in [0.29, 0.717) is 16.1 Å². The molecular weight excluding hydrogens is 443 g/mol. The van der Waals surface area contributed by atoms with Crippen LogP contribution >= 0.6 is 11.6 Å². The van der Waals surface area contributed by atoms with E-state index in [4.69, 9.17) is 11.6 Å². The molecule has 1 aromatic heterocycles. The molecule has 162 valence electrons. The number of pyridine rings is 1. The van der Waals surface area contributed by atoms with Crippen molar-refractivity contribution in [3.05, 3.63) is 100 Å². The minimum Gasteiger partial charge on any atom is -0.350 e. The monoisotopic (exact) mass is 457 g/mol. The van der Waals surface area contributed by atoms with Crippen LogP contribution in [0.4, 0.5) is 18.9 Å². The highest BCUT2D eigenvalue weighted by Crippen LogP contribution is 2.34. The normalized spacial score (nSPS) is 14.3. The highest BCUT2D eigenvalue weighted by Gasteiger charge is 2.39. The predicted octanol–water partition coefficient (Wildman–Crippen LogP) is 5.15. The number of anilines is 1. The van der Waals surface area contributed by atoms with Gasteiger partial charge in [-0.1, -0.05) is 35.9 Å². The van der Waals surface area contributed by atoms with Crippen molar-refractivity contribution in [2.24, 2.45) is 0 Å². The van der Waals surface area contributed by atoms with E-state index in [-0.39, 0.29) is 23.5 Å². The molecule has 2 amide bonds. The molecule has 4 rings (SSSR count). The van der Waals surface area contributed by atoms with Gasteiger partial charge in [0.2, 0.25) is 0 Å². The number of aromatic nitrogens is 1. The fraction of sp³-hybridized carbons (Fsp3) is 0.0870. The first-order valence-electron chi connectivity index (χ1n) is 9.43. The molecule has 1 aliphatic heterocycles. The minimum absolute atomic E-state index is 0.0314. The molecule has 2 aromatic carbocycles. The fourth-order valence-corrected chi connectivity index (χ4v) is 3.44. The van der Waals surface area contributed by atoms with Gasteiger partial charge in [-0.3, -0.25) is 19.5 Å². The number of carbonyl (C=O) groups excluding carboxylic acids is 2. The van der Waals surface area contributed by atoms with E-state index in [0.717, 1.165) is 17.0 Å². The molecular formula is C23H15ClF3N3O2. The van der Waals surface area contributed by atoms with E-state index in [1.165, 1.54) is 18.3 Å². The summed E-state index contributed by atoms with van der Waals surface area (Å²) in [5.41, 5.74) is 0.139. The van der Waals surface area contributed by atoms with Gasteiger partial charge >= 0.3 is 6.18 Å². The number of halogens is 4. The topological polar surface area (TPSA) is 62.3 Å². The molecule has 0 atom stereocenters. The highest BCUT2D eigenvalue weighted by molar-refractivity contribution is 6.36. The molecule has 0 saturated carbocycles. The number of alkyl halides is 3. The molecule has 0 unspecified atom stereocenters. The molecule has 1 N–H and O–H groups in total. The lowest BCUT2D eigenvalue weighted by Gasteiger charge is -2.15. The number of amides is 2. The van der Waals surface area contributed by atoms with E-state index in [1.807, 2.05) is 0 Å². The van der Waals surface area contributed by atoms with Gasteiger partial charge in [0.25, 0.3) is 11.8 Å². The van der Waals surface area contributed by atoms with Gasteiger partial charge in [0, 0.05) is 23.1 Å². The van der Waals surface area contributed by atoms with Gasteiger partial charge < -0.3 is 5.32 Å². The number of imide groups is 1. The van der Waals surface area contributed by atoms with Crippen molar-refractivity contribution >= 4 is 34.7 Å². The Hall–Kier alpha value is -3.65. The van der Waals surface area contributed by atoms with Crippen LogP contribution in [-0.2, 0) is 22.3 Å². The maximum absolute atomic E-state index is 13.2. The number of hydrogen-bond acceptors (Lipinski definition) is 4. The Morgan fingerprint density at radius 3 is 2.38 bits per heavy atom. The molecule has 0 bridgehead atoms. The Morgan fingerprint density at radius 2 is 1.72 bits per heavy atom. The zero-order valence-electron chi connectivity index (χ0n) is 16.4. The van der Waals surface area contributed by atoms with Crippen molar-refractivity contribution in [3.63, 3.8) is 0 Å². The lowest BCUT2D eigenvalue weighted by Crippen LogP contribution is -2.32. The summed E-state index contributed by atoms with van der Waals surface area (Å²) >= 11 is 5.94. The maximum Gasteiger partial charge on any atom is 0.416 e. The van der Waals surface area contributed by atoms with Crippen molar-refractivity contribution in [2.75, 3.05) is 5.32 Å². The van der Waals surface area contributed by atoms with Gasteiger partial charge in [-0.2, -0.15) is 13.2 Å². The summed E-state index contributed by atoms with van der Waals surface area (Å²) in [5.74, 6) is -1.23. The predicted molar refractivity (Wildman–Crippen MR) is 113 cm³/mol. The van der Waals surface area contributed by atoms with Crippen LogP contribution in [0.25, 0.3) is 5.57 Å². The van der Waals surface area contributed by atoms with Crippen LogP contribution in [0.3, 0.4) is 0 Å². The number of benzene rings is 2. The third kappa shape index (κ3) is 4.36. The van der Waals surface area contributed by atoms with Crippen molar-refractivity contribution < 1.29 is 22.8 Å². The second-order valence-electron chi connectivity index (χ2n) is 7.02. The van der Waals surface area contributed by atoms with Crippen molar-refractivity contribution in [1.29, 1.82) is 0 Å². The van der Waals surface area contributed by atoms with Crippen molar-refractivity contribution in [2.45, 2.75) is 12.7 Å². The Morgan fingerprint density at radius 1 is 0.969 bits per heavy atom. The standard InChI is InChI=1S/C23H15ClF3N3O2/c24-17-8-6-15(7-9-17)19-20(29-18-5-1-4-16(11-18)23(25,26)27)22(32)30(21(19)31)13-14-3-2-10-28-12-14/h1-12,29H,13H2. The molecule has 0 aliphatic carbocycles. The number of nitrogens with zero attached hydrogens (tertiary/aromatic N) is 2. The van der Waals surface area contributed by atoms with Gasteiger partial charge in [-0.05, 0) is 47.5 Å². The van der Waals surface area contributed by atoms with Gasteiger partial charge in [-0.15, -0.1) is 0 Å². The van der Waals surface area contributed by atoms with Crippen LogP contribution in [0, 0.1) is 0 Å². The molecule has 0 radical (unpaired) electrons. The number of hydrogen-bond donors (Lipinski definition) is 1. The van der Waals surface area contributed by atoms with E-state index >= 15 is 0 Å². The minimum atomic E-state index is -4.55. The van der Waals surface area contributed by atoms with E-state index in [9.17, 15) is 22.8 Å². The second kappa shape index (κ2) is 8.47. The fourth-order valence-electron chi connectivity index (χ4n) is 3.31. The van der Waals surface area contributed by atoms with Crippen molar-refractivity contribution in [1.82, 2.24) is 9.88 Å². The molecule has 0 saturated heterocycles. The van der Waals surface area contributed by atoms with Crippen LogP contribution in [0.1, 0.15) is 16.7 Å². The summed E-state index contributed by atoms with van der Waals surface area (Å²) in [6, 6.07) is 14.1. The van der Waals surface area contributed by atoms with Crippen LogP contribution in [0.2, 0.25) is 5.02 Å². The summed E-state index contributed by atoms with van der Waals surface area (Å²) in [6.07, 6.45) is -1.46. The maximum atomic E-state index is 13.2. The largest absolute Gasteiger partial charge is 0.416 e. The van der Waals surface area contributed by atoms with Gasteiger partial charge in [0.05, 0.1) is 17.7 Å². The molecule has 9 heteroatoms. The molecule has 0 fully saturated rings. The third-order valence-corrected chi connectivity index (χ3v) is 5.08. The smallest absolute Gasteiger partial charge is 0.350 e. The van der Waals surface area contributed by atoms with E-state index in [2.05, 4.69) is 10.3 Å². The zero-order valence-corrected chi connectivity index (χ0v) is 17.1. The Bertz CT molecular complexity index is 1210. The Labute approximate surface area is 186 Å². The van der Waals surface area contributed by atoms with Crippen LogP contribution < -0.4 is 5.32 Å². The zero-order chi connectivity index (χ0) is 22.9. The summed E-state index contributed by atoms with van der Waals surface area (Å²) in [7, 11) is 0. The van der Waals surface area contributed by atoms with Crippen LogP contribution in [-0.4, -0.2) is 21.7 Å². The SMILES string of the molecule is O=C1C(Nc2cccc(C(F)(F)F)c2)=C(c2ccc(Cl)cc2)C(=O)N1Cc1cccnc1. The Kier molecular flexibility index (Phi) is 5.71. The molecule has 32 heavy (non-hydrogen) atoms. The quantitative estimate of drug-likeness (QED) is 0.538. The summed E-state index contributed by atoms with van der Waals surface area (Å²) in [4.78, 5) is 31.4.